The molecule has 0 heterocycles. The minimum absolute atomic E-state index is 0.215. The zero-order chi connectivity index (χ0) is 13.1. The van der Waals surface area contributed by atoms with E-state index in [1.165, 1.54) is 12.1 Å². The van der Waals surface area contributed by atoms with Crippen LogP contribution in [0.3, 0.4) is 0 Å². The van der Waals surface area contributed by atoms with Crippen molar-refractivity contribution in [3.8, 4) is 0 Å². The van der Waals surface area contributed by atoms with Crippen LogP contribution in [-0.2, 0) is 6.42 Å². The number of hydrogen-bond donors (Lipinski definition) is 1. The fourth-order valence-electron chi connectivity index (χ4n) is 1.74. The Morgan fingerprint density at radius 2 is 1.89 bits per heavy atom. The van der Waals surface area contributed by atoms with Gasteiger partial charge in [-0.05, 0) is 33.6 Å². The Kier molecular flexibility index (Phi) is 4.38. The van der Waals surface area contributed by atoms with Gasteiger partial charge in [0, 0.05) is 16.5 Å². The van der Waals surface area contributed by atoms with E-state index >= 15 is 0 Å². The number of benzene rings is 2. The van der Waals surface area contributed by atoms with Crippen LogP contribution >= 0.6 is 27.5 Å². The van der Waals surface area contributed by atoms with E-state index in [1.54, 1.807) is 0 Å². The topological polar surface area (TPSA) is 20.2 Å². The zero-order valence-corrected chi connectivity index (χ0v) is 11.7. The van der Waals surface area contributed by atoms with Gasteiger partial charge in [0.2, 0.25) is 0 Å². The van der Waals surface area contributed by atoms with Crippen molar-refractivity contribution in [2.24, 2.45) is 0 Å². The van der Waals surface area contributed by atoms with Gasteiger partial charge in [0.15, 0.2) is 0 Å². The monoisotopic (exact) mass is 328 g/mol. The fourth-order valence-corrected chi connectivity index (χ4v) is 2.23. The standard InChI is InChI=1S/C14H11BrClFO/c15-11-8-13(17)10(7-12(11)16)14(18)6-9-4-2-1-3-5-9/h1-5,7-8,14,18H,6H2. The maximum Gasteiger partial charge on any atom is 0.130 e. The summed E-state index contributed by atoms with van der Waals surface area (Å²) in [6, 6.07) is 12.2. The second-order valence-electron chi connectivity index (χ2n) is 3.99. The highest BCUT2D eigenvalue weighted by molar-refractivity contribution is 9.10. The molecule has 1 N–H and O–H groups in total. The van der Waals surface area contributed by atoms with Crippen LogP contribution in [0.2, 0.25) is 5.02 Å². The SMILES string of the molecule is OC(Cc1ccccc1)c1cc(Cl)c(Br)cc1F. The van der Waals surface area contributed by atoms with E-state index in [4.69, 9.17) is 11.6 Å². The van der Waals surface area contributed by atoms with Gasteiger partial charge in [-0.25, -0.2) is 4.39 Å². The second-order valence-corrected chi connectivity index (χ2v) is 5.25. The van der Waals surface area contributed by atoms with Crippen LogP contribution < -0.4 is 0 Å². The van der Waals surface area contributed by atoms with Crippen molar-refractivity contribution in [3.05, 3.63) is 68.9 Å². The number of hydrogen-bond acceptors (Lipinski definition) is 1. The molecule has 0 saturated heterocycles. The molecule has 0 fully saturated rings. The lowest BCUT2D eigenvalue weighted by atomic mass is 10.0. The minimum Gasteiger partial charge on any atom is -0.388 e. The van der Waals surface area contributed by atoms with Crippen LogP contribution in [0.5, 0.6) is 0 Å². The maximum atomic E-state index is 13.7. The smallest absolute Gasteiger partial charge is 0.130 e. The number of halogens is 3. The molecule has 0 aromatic heterocycles. The van der Waals surface area contributed by atoms with Crippen LogP contribution in [0.15, 0.2) is 46.9 Å². The quantitative estimate of drug-likeness (QED) is 0.821. The van der Waals surface area contributed by atoms with Crippen LogP contribution in [-0.4, -0.2) is 5.11 Å². The molecule has 4 heteroatoms. The first kappa shape index (κ1) is 13.5. The highest BCUT2D eigenvalue weighted by atomic mass is 79.9. The van der Waals surface area contributed by atoms with Gasteiger partial charge in [0.25, 0.3) is 0 Å². The predicted octanol–water partition coefficient (Wildman–Crippen LogP) is 4.52. The number of aliphatic hydroxyl groups is 1. The Balaban J connectivity index is 2.24. The Labute approximate surface area is 118 Å². The van der Waals surface area contributed by atoms with E-state index in [2.05, 4.69) is 15.9 Å². The summed E-state index contributed by atoms with van der Waals surface area (Å²) in [5.41, 5.74) is 1.16. The molecule has 2 aromatic rings. The molecule has 0 aliphatic carbocycles. The highest BCUT2D eigenvalue weighted by Crippen LogP contribution is 2.30. The predicted molar refractivity (Wildman–Crippen MR) is 74.2 cm³/mol. The van der Waals surface area contributed by atoms with E-state index in [-0.39, 0.29) is 5.56 Å². The first-order valence-corrected chi connectivity index (χ1v) is 6.61. The Morgan fingerprint density at radius 1 is 1.22 bits per heavy atom. The van der Waals surface area contributed by atoms with Crippen molar-refractivity contribution in [2.45, 2.75) is 12.5 Å². The summed E-state index contributed by atoms with van der Waals surface area (Å²) in [7, 11) is 0. The lowest BCUT2D eigenvalue weighted by Crippen LogP contribution is -2.04. The van der Waals surface area contributed by atoms with Gasteiger partial charge in [-0.2, -0.15) is 0 Å². The van der Waals surface area contributed by atoms with E-state index in [9.17, 15) is 9.50 Å². The average molecular weight is 330 g/mol. The van der Waals surface area contributed by atoms with E-state index in [0.29, 0.717) is 15.9 Å². The molecule has 0 radical (unpaired) electrons. The minimum atomic E-state index is -0.905. The molecule has 94 valence electrons. The van der Waals surface area contributed by atoms with Crippen molar-refractivity contribution < 1.29 is 9.50 Å². The van der Waals surface area contributed by atoms with Crippen molar-refractivity contribution in [1.82, 2.24) is 0 Å². The molecule has 2 rings (SSSR count). The summed E-state index contributed by atoms with van der Waals surface area (Å²) in [6.07, 6.45) is -0.548. The normalized spacial score (nSPS) is 12.4. The summed E-state index contributed by atoms with van der Waals surface area (Å²) in [5.74, 6) is -0.463. The summed E-state index contributed by atoms with van der Waals surface area (Å²) in [5, 5.41) is 10.4. The lowest BCUT2D eigenvalue weighted by Gasteiger charge is -2.13. The summed E-state index contributed by atoms with van der Waals surface area (Å²) < 4.78 is 14.2. The van der Waals surface area contributed by atoms with Crippen LogP contribution in [0, 0.1) is 5.82 Å². The van der Waals surface area contributed by atoms with Gasteiger partial charge in [-0.3, -0.25) is 0 Å². The van der Waals surface area contributed by atoms with Gasteiger partial charge in [0.1, 0.15) is 5.82 Å². The number of aliphatic hydroxyl groups excluding tert-OH is 1. The highest BCUT2D eigenvalue weighted by Gasteiger charge is 2.15. The van der Waals surface area contributed by atoms with Crippen molar-refractivity contribution in [1.29, 1.82) is 0 Å². The van der Waals surface area contributed by atoms with Crippen molar-refractivity contribution in [3.63, 3.8) is 0 Å². The first-order valence-electron chi connectivity index (χ1n) is 5.44. The maximum absolute atomic E-state index is 13.7. The second kappa shape index (κ2) is 5.83. The van der Waals surface area contributed by atoms with Crippen LogP contribution in [0.25, 0.3) is 0 Å². The molecule has 18 heavy (non-hydrogen) atoms. The molecule has 0 amide bonds. The molecular formula is C14H11BrClFO. The lowest BCUT2D eigenvalue weighted by molar-refractivity contribution is 0.173. The van der Waals surface area contributed by atoms with Gasteiger partial charge >= 0.3 is 0 Å². The Morgan fingerprint density at radius 3 is 2.56 bits per heavy atom. The Hall–Kier alpha value is -0.900. The molecule has 2 aromatic carbocycles. The molecule has 1 nitrogen and oxygen atoms in total. The Bertz CT molecular complexity index is 545. The molecule has 1 unspecified atom stereocenters. The van der Waals surface area contributed by atoms with Gasteiger partial charge in [0.05, 0.1) is 11.1 Å². The molecule has 0 aliphatic heterocycles. The zero-order valence-electron chi connectivity index (χ0n) is 9.41. The first-order chi connectivity index (χ1) is 8.58. The van der Waals surface area contributed by atoms with Gasteiger partial charge < -0.3 is 5.11 Å². The summed E-state index contributed by atoms with van der Waals surface area (Å²) in [6.45, 7) is 0. The van der Waals surface area contributed by atoms with E-state index in [0.717, 1.165) is 5.56 Å². The molecule has 0 bridgehead atoms. The third-order valence-corrected chi connectivity index (χ3v) is 3.87. The summed E-state index contributed by atoms with van der Waals surface area (Å²) >= 11 is 9.05. The molecule has 0 aliphatic rings. The summed E-state index contributed by atoms with van der Waals surface area (Å²) in [4.78, 5) is 0. The molecule has 0 spiro atoms. The van der Waals surface area contributed by atoms with Crippen LogP contribution in [0.4, 0.5) is 4.39 Å². The van der Waals surface area contributed by atoms with Gasteiger partial charge in [-0.15, -0.1) is 0 Å². The van der Waals surface area contributed by atoms with E-state index < -0.39 is 11.9 Å². The molecular weight excluding hydrogens is 319 g/mol. The molecule has 1 atom stereocenters. The van der Waals surface area contributed by atoms with E-state index in [1.807, 2.05) is 30.3 Å². The molecule has 0 saturated carbocycles. The van der Waals surface area contributed by atoms with Crippen LogP contribution in [0.1, 0.15) is 17.2 Å². The average Bonchev–Trinajstić information content (AvgIpc) is 2.35. The van der Waals surface area contributed by atoms with Gasteiger partial charge in [-0.1, -0.05) is 41.9 Å². The third-order valence-electron chi connectivity index (χ3n) is 2.67. The fraction of sp³-hybridized carbons (Fsp3) is 0.143. The van der Waals surface area contributed by atoms with Crippen molar-refractivity contribution >= 4 is 27.5 Å². The van der Waals surface area contributed by atoms with Crippen molar-refractivity contribution in [2.75, 3.05) is 0 Å². The third kappa shape index (κ3) is 3.10. The number of rotatable bonds is 3. The largest absolute Gasteiger partial charge is 0.388 e.